The Kier molecular flexibility index (Phi) is 4.15. The van der Waals surface area contributed by atoms with Gasteiger partial charge in [-0.1, -0.05) is 0 Å². The molecular weight excluding hydrogens is 210 g/mol. The number of hydrogen-bond acceptors (Lipinski definition) is 3. The van der Waals surface area contributed by atoms with Crippen LogP contribution in [0.5, 0.6) is 0 Å². The number of thiophene rings is 1. The van der Waals surface area contributed by atoms with Gasteiger partial charge in [0, 0.05) is 13.0 Å². The number of hydrogen-bond donors (Lipinski definition) is 1. The highest BCUT2D eigenvalue weighted by Gasteiger charge is 2.15. The van der Waals surface area contributed by atoms with Crippen LogP contribution >= 0.6 is 11.3 Å². The fourth-order valence-electron chi connectivity index (χ4n) is 0.958. The number of amides is 1. The molecule has 0 bridgehead atoms. The summed E-state index contributed by atoms with van der Waals surface area (Å²) in [6.45, 7) is 6.02. The van der Waals surface area contributed by atoms with Gasteiger partial charge in [-0.15, -0.1) is 0 Å². The summed E-state index contributed by atoms with van der Waals surface area (Å²) in [6.07, 6.45) is 1.56. The first-order chi connectivity index (χ1) is 6.97. The summed E-state index contributed by atoms with van der Waals surface area (Å²) >= 11 is 1.63. The average Bonchev–Trinajstić information content (AvgIpc) is 2.53. The van der Waals surface area contributed by atoms with Crippen molar-refractivity contribution in [1.29, 1.82) is 0 Å². The van der Waals surface area contributed by atoms with Gasteiger partial charge in [0.2, 0.25) is 0 Å². The topological polar surface area (TPSA) is 38.3 Å². The van der Waals surface area contributed by atoms with Crippen LogP contribution in [0.25, 0.3) is 0 Å². The van der Waals surface area contributed by atoms with Crippen LogP contribution in [0, 0.1) is 6.42 Å². The Morgan fingerprint density at radius 1 is 1.60 bits per heavy atom. The van der Waals surface area contributed by atoms with E-state index in [-0.39, 0.29) is 6.09 Å². The van der Waals surface area contributed by atoms with Crippen molar-refractivity contribution in [2.75, 3.05) is 6.54 Å². The van der Waals surface area contributed by atoms with Gasteiger partial charge in [-0.25, -0.2) is 4.79 Å². The van der Waals surface area contributed by atoms with E-state index in [9.17, 15) is 4.79 Å². The summed E-state index contributed by atoms with van der Waals surface area (Å²) in [5.74, 6) is 0. The predicted molar refractivity (Wildman–Crippen MR) is 62.0 cm³/mol. The lowest BCUT2D eigenvalue weighted by atomic mass is 10.2. The van der Waals surface area contributed by atoms with Crippen LogP contribution in [0.3, 0.4) is 0 Å². The van der Waals surface area contributed by atoms with Gasteiger partial charge in [0.1, 0.15) is 5.60 Å². The lowest BCUT2D eigenvalue weighted by molar-refractivity contribution is 0.0532. The monoisotopic (exact) mass is 226 g/mol. The molecule has 1 amide bonds. The third kappa shape index (κ3) is 5.42. The number of nitrogens with one attached hydrogen (secondary N) is 1. The Morgan fingerprint density at radius 2 is 2.33 bits per heavy atom. The zero-order valence-corrected chi connectivity index (χ0v) is 10.1. The first kappa shape index (κ1) is 12.0. The van der Waals surface area contributed by atoms with E-state index in [2.05, 4.69) is 5.32 Å². The third-order valence-corrected chi connectivity index (χ3v) is 2.23. The van der Waals surface area contributed by atoms with Crippen LogP contribution in [-0.4, -0.2) is 18.2 Å². The minimum atomic E-state index is -0.438. The Balaban J connectivity index is 2.18. The fourth-order valence-corrected chi connectivity index (χ4v) is 1.60. The molecule has 0 spiro atoms. The zero-order chi connectivity index (χ0) is 11.3. The molecular formula is C11H16NO2S. The molecule has 1 aromatic heterocycles. The van der Waals surface area contributed by atoms with E-state index in [4.69, 9.17) is 4.74 Å². The minimum absolute atomic E-state index is 0.381. The van der Waals surface area contributed by atoms with Gasteiger partial charge >= 0.3 is 6.09 Å². The molecule has 4 heteroatoms. The predicted octanol–water partition coefficient (Wildman–Crippen LogP) is 2.83. The van der Waals surface area contributed by atoms with E-state index in [1.54, 1.807) is 11.3 Å². The Bertz CT molecular complexity index is 301. The Labute approximate surface area is 94.5 Å². The van der Waals surface area contributed by atoms with E-state index in [1.807, 2.05) is 44.0 Å². The Morgan fingerprint density at radius 3 is 2.87 bits per heavy atom. The van der Waals surface area contributed by atoms with Crippen molar-refractivity contribution in [1.82, 2.24) is 5.32 Å². The molecule has 1 radical (unpaired) electrons. The number of alkyl carbamates (subject to hydrolysis) is 1. The summed E-state index contributed by atoms with van der Waals surface area (Å²) < 4.78 is 5.09. The highest BCUT2D eigenvalue weighted by Crippen LogP contribution is 2.08. The van der Waals surface area contributed by atoms with Crippen molar-refractivity contribution < 1.29 is 9.53 Å². The average molecular weight is 226 g/mol. The second-order valence-corrected chi connectivity index (χ2v) is 4.92. The van der Waals surface area contributed by atoms with Gasteiger partial charge in [0.25, 0.3) is 0 Å². The van der Waals surface area contributed by atoms with Crippen LogP contribution in [0.1, 0.15) is 26.3 Å². The van der Waals surface area contributed by atoms with E-state index in [0.717, 1.165) is 5.56 Å². The first-order valence-corrected chi connectivity index (χ1v) is 5.74. The minimum Gasteiger partial charge on any atom is -0.444 e. The molecule has 15 heavy (non-hydrogen) atoms. The highest BCUT2D eigenvalue weighted by atomic mass is 32.1. The van der Waals surface area contributed by atoms with Gasteiger partial charge in [-0.2, -0.15) is 11.3 Å². The van der Waals surface area contributed by atoms with Gasteiger partial charge in [-0.05, 0) is 43.2 Å². The van der Waals surface area contributed by atoms with Crippen molar-refractivity contribution in [2.45, 2.75) is 26.4 Å². The second-order valence-electron chi connectivity index (χ2n) is 4.14. The van der Waals surface area contributed by atoms with Crippen LogP contribution in [0.15, 0.2) is 16.8 Å². The summed E-state index contributed by atoms with van der Waals surface area (Å²) in [7, 11) is 0. The number of carbonyl (C=O) groups excluding carboxylic acids is 1. The molecule has 0 saturated heterocycles. The van der Waals surface area contributed by atoms with Gasteiger partial charge < -0.3 is 10.1 Å². The molecule has 1 rings (SSSR count). The van der Waals surface area contributed by atoms with Crippen molar-refractivity contribution in [2.24, 2.45) is 0 Å². The van der Waals surface area contributed by atoms with Crippen LogP contribution in [0.2, 0.25) is 0 Å². The third-order valence-electron chi connectivity index (χ3n) is 1.53. The molecule has 0 aromatic carbocycles. The maximum Gasteiger partial charge on any atom is 0.407 e. The molecule has 0 saturated carbocycles. The van der Waals surface area contributed by atoms with Crippen molar-refractivity contribution in [3.05, 3.63) is 28.8 Å². The van der Waals surface area contributed by atoms with E-state index >= 15 is 0 Å². The van der Waals surface area contributed by atoms with Crippen LogP contribution in [-0.2, 0) is 4.74 Å². The first-order valence-electron chi connectivity index (χ1n) is 4.79. The molecule has 0 aliphatic rings. The fraction of sp³-hybridized carbons (Fsp3) is 0.455. The number of carbonyl (C=O) groups is 1. The second kappa shape index (κ2) is 5.16. The van der Waals surface area contributed by atoms with Crippen LogP contribution < -0.4 is 5.32 Å². The molecule has 0 aliphatic heterocycles. The quantitative estimate of drug-likeness (QED) is 0.860. The van der Waals surface area contributed by atoms with Crippen molar-refractivity contribution in [3.63, 3.8) is 0 Å². The number of rotatable bonds is 3. The molecule has 1 heterocycles. The summed E-state index contributed by atoms with van der Waals surface area (Å²) in [6, 6.07) is 2.00. The van der Waals surface area contributed by atoms with Crippen molar-refractivity contribution in [3.8, 4) is 0 Å². The standard InChI is InChI=1S/C11H16NO2S/c1-11(2,3)14-10(13)12-6-4-9-5-7-15-8-9/h4-5,7-8H,6H2,1-3H3,(H,12,13). The Hall–Kier alpha value is -1.03. The van der Waals surface area contributed by atoms with Crippen LogP contribution in [0.4, 0.5) is 4.79 Å². The lowest BCUT2D eigenvalue weighted by Gasteiger charge is -2.19. The SMILES string of the molecule is CC(C)(C)OC(=O)NC[CH]c1ccsc1. The zero-order valence-electron chi connectivity index (χ0n) is 9.24. The number of ether oxygens (including phenoxy) is 1. The molecule has 83 valence electrons. The maximum atomic E-state index is 11.2. The molecule has 0 aliphatic carbocycles. The highest BCUT2D eigenvalue weighted by molar-refractivity contribution is 7.08. The van der Waals surface area contributed by atoms with Gasteiger partial charge in [-0.3, -0.25) is 0 Å². The van der Waals surface area contributed by atoms with Gasteiger partial charge in [0.15, 0.2) is 0 Å². The van der Waals surface area contributed by atoms with Crippen molar-refractivity contribution >= 4 is 17.4 Å². The maximum absolute atomic E-state index is 11.2. The molecule has 0 unspecified atom stereocenters. The molecule has 0 fully saturated rings. The smallest absolute Gasteiger partial charge is 0.407 e. The van der Waals surface area contributed by atoms with E-state index < -0.39 is 5.60 Å². The van der Waals surface area contributed by atoms with E-state index in [0.29, 0.717) is 6.54 Å². The largest absolute Gasteiger partial charge is 0.444 e. The molecule has 0 atom stereocenters. The van der Waals surface area contributed by atoms with Gasteiger partial charge in [0.05, 0.1) is 0 Å². The summed E-state index contributed by atoms with van der Waals surface area (Å²) in [5, 5.41) is 6.69. The molecule has 1 N–H and O–H groups in total. The normalized spacial score (nSPS) is 11.1. The van der Waals surface area contributed by atoms with E-state index in [1.165, 1.54) is 0 Å². The lowest BCUT2D eigenvalue weighted by Crippen LogP contribution is -2.33. The summed E-state index contributed by atoms with van der Waals surface area (Å²) in [5.41, 5.74) is 0.683. The molecule has 1 aromatic rings. The summed E-state index contributed by atoms with van der Waals surface area (Å²) in [4.78, 5) is 11.2. The molecule has 3 nitrogen and oxygen atoms in total.